The van der Waals surface area contributed by atoms with Gasteiger partial charge < -0.3 is 15.2 Å². The van der Waals surface area contributed by atoms with Crippen molar-refractivity contribution in [2.75, 3.05) is 20.2 Å². The number of hydrogen-bond acceptors (Lipinski definition) is 4. The van der Waals surface area contributed by atoms with Crippen molar-refractivity contribution in [3.8, 4) is 5.75 Å². The molecule has 1 heterocycles. The third-order valence-corrected chi connectivity index (χ3v) is 6.81. The van der Waals surface area contributed by atoms with Crippen LogP contribution in [-0.2, 0) is 11.3 Å². The van der Waals surface area contributed by atoms with Gasteiger partial charge in [-0.25, -0.2) is 0 Å². The molecule has 2 aromatic rings. The van der Waals surface area contributed by atoms with Gasteiger partial charge in [-0.1, -0.05) is 55.3 Å². The molecule has 2 aromatic carbocycles. The maximum absolute atomic E-state index is 12.8. The van der Waals surface area contributed by atoms with Crippen LogP contribution in [0.4, 0.5) is 0 Å². The van der Waals surface area contributed by atoms with Crippen LogP contribution in [0, 0.1) is 5.92 Å². The topological polar surface area (TPSA) is 61.8 Å². The van der Waals surface area contributed by atoms with E-state index in [1.807, 2.05) is 42.5 Å². The molecule has 5 nitrogen and oxygen atoms in total. The van der Waals surface area contributed by atoms with E-state index >= 15 is 0 Å². The lowest BCUT2D eigenvalue weighted by molar-refractivity contribution is -0.138. The number of methoxy groups -OCH3 is 1. The second-order valence-electron chi connectivity index (χ2n) is 8.66. The molecule has 3 atom stereocenters. The van der Waals surface area contributed by atoms with E-state index in [1.165, 1.54) is 0 Å². The highest BCUT2D eigenvalue weighted by molar-refractivity contribution is 5.78. The summed E-state index contributed by atoms with van der Waals surface area (Å²) in [5.74, 6) is 0.995. The molecule has 160 valence electrons. The first-order valence-corrected chi connectivity index (χ1v) is 11.0. The summed E-state index contributed by atoms with van der Waals surface area (Å²) in [6.07, 6.45) is 4.80. The minimum Gasteiger partial charge on any atom is -0.497 e. The molecule has 2 N–H and O–H groups in total. The van der Waals surface area contributed by atoms with E-state index in [9.17, 15) is 9.90 Å². The van der Waals surface area contributed by atoms with Crippen LogP contribution in [-0.4, -0.2) is 41.7 Å². The summed E-state index contributed by atoms with van der Waals surface area (Å²) in [4.78, 5) is 15.0. The third-order valence-electron chi connectivity index (χ3n) is 6.81. The van der Waals surface area contributed by atoms with Gasteiger partial charge in [0.05, 0.1) is 19.3 Å². The Kier molecular flexibility index (Phi) is 6.40. The van der Waals surface area contributed by atoms with Gasteiger partial charge in [-0.15, -0.1) is 0 Å². The van der Waals surface area contributed by atoms with Crippen molar-refractivity contribution < 1.29 is 14.6 Å². The van der Waals surface area contributed by atoms with Gasteiger partial charge in [0.25, 0.3) is 0 Å². The van der Waals surface area contributed by atoms with E-state index in [4.69, 9.17) is 4.74 Å². The fourth-order valence-corrected chi connectivity index (χ4v) is 5.20. The number of aliphatic hydroxyl groups is 1. The van der Waals surface area contributed by atoms with E-state index in [2.05, 4.69) is 22.3 Å². The van der Waals surface area contributed by atoms with Crippen molar-refractivity contribution in [1.29, 1.82) is 0 Å². The van der Waals surface area contributed by atoms with Gasteiger partial charge in [0.15, 0.2) is 0 Å². The van der Waals surface area contributed by atoms with Gasteiger partial charge in [0.1, 0.15) is 5.75 Å². The molecule has 0 aromatic heterocycles. The van der Waals surface area contributed by atoms with Crippen molar-refractivity contribution in [2.45, 2.75) is 50.3 Å². The number of nitrogens with one attached hydrogen (secondary N) is 1. The standard InChI is InChI=1S/C25H32N2O3/c1-30-21-12-10-20(11-13-21)24-22-9-5-6-14-25(22,29)15-16-27(24)18-23(28)26-17-19-7-3-2-4-8-19/h2-4,7-8,10-13,22,24,29H,5-6,9,14-18H2,1H3,(H,26,28)/t22-,24+,25-/m1/s1. The smallest absolute Gasteiger partial charge is 0.234 e. The monoisotopic (exact) mass is 408 g/mol. The lowest BCUT2D eigenvalue weighted by atomic mass is 9.66. The largest absolute Gasteiger partial charge is 0.497 e. The van der Waals surface area contributed by atoms with E-state index in [-0.39, 0.29) is 17.9 Å². The van der Waals surface area contributed by atoms with E-state index in [0.717, 1.165) is 55.5 Å². The lowest BCUT2D eigenvalue weighted by Gasteiger charge is -2.52. The zero-order chi connectivity index (χ0) is 21.0. The molecular weight excluding hydrogens is 376 g/mol. The van der Waals surface area contributed by atoms with Crippen LogP contribution >= 0.6 is 0 Å². The molecule has 1 aliphatic carbocycles. The Morgan fingerprint density at radius 1 is 1.13 bits per heavy atom. The molecule has 5 heteroatoms. The third kappa shape index (κ3) is 4.52. The number of nitrogens with zero attached hydrogens (tertiary/aromatic N) is 1. The summed E-state index contributed by atoms with van der Waals surface area (Å²) in [7, 11) is 1.67. The molecule has 2 aliphatic rings. The molecular formula is C25H32N2O3. The number of ether oxygens (including phenoxy) is 1. The lowest BCUT2D eigenvalue weighted by Crippen LogP contribution is -2.56. The first-order valence-electron chi connectivity index (χ1n) is 11.0. The Hall–Kier alpha value is -2.37. The van der Waals surface area contributed by atoms with Crippen LogP contribution in [0.2, 0.25) is 0 Å². The van der Waals surface area contributed by atoms with Gasteiger partial charge in [0.2, 0.25) is 5.91 Å². The van der Waals surface area contributed by atoms with E-state index < -0.39 is 5.60 Å². The van der Waals surface area contributed by atoms with Gasteiger partial charge >= 0.3 is 0 Å². The maximum Gasteiger partial charge on any atom is 0.234 e. The predicted octanol–water partition coefficient (Wildman–Crippen LogP) is 3.68. The molecule has 4 rings (SSSR count). The highest BCUT2D eigenvalue weighted by Gasteiger charge is 2.49. The fraction of sp³-hybridized carbons (Fsp3) is 0.480. The molecule has 1 amide bonds. The zero-order valence-corrected chi connectivity index (χ0v) is 17.7. The molecule has 1 saturated heterocycles. The second-order valence-corrected chi connectivity index (χ2v) is 8.66. The average Bonchev–Trinajstić information content (AvgIpc) is 2.78. The molecule has 2 fully saturated rings. The Labute approximate surface area is 179 Å². The van der Waals surface area contributed by atoms with E-state index in [0.29, 0.717) is 13.1 Å². The number of likely N-dealkylation sites (tertiary alicyclic amines) is 1. The van der Waals surface area contributed by atoms with Crippen molar-refractivity contribution in [1.82, 2.24) is 10.2 Å². The van der Waals surface area contributed by atoms with Gasteiger partial charge in [0, 0.05) is 25.0 Å². The summed E-state index contributed by atoms with van der Waals surface area (Å²) in [5.41, 5.74) is 1.62. The average molecular weight is 409 g/mol. The molecule has 0 bridgehead atoms. The number of hydrogen-bond donors (Lipinski definition) is 2. The highest BCUT2D eigenvalue weighted by atomic mass is 16.5. The Morgan fingerprint density at radius 2 is 1.90 bits per heavy atom. The van der Waals surface area contributed by atoms with Crippen LogP contribution in [0.25, 0.3) is 0 Å². The SMILES string of the molecule is COc1ccc([C@H]2[C@H]3CCCC[C@@]3(O)CCN2CC(=O)NCc2ccccc2)cc1. The Morgan fingerprint density at radius 3 is 2.63 bits per heavy atom. The van der Waals surface area contributed by atoms with Crippen LogP contribution in [0.15, 0.2) is 54.6 Å². The van der Waals surface area contributed by atoms with Crippen LogP contribution < -0.4 is 10.1 Å². The maximum atomic E-state index is 12.8. The summed E-state index contributed by atoms with van der Waals surface area (Å²) in [6, 6.07) is 18.1. The van der Waals surface area contributed by atoms with Crippen molar-refractivity contribution in [3.63, 3.8) is 0 Å². The predicted molar refractivity (Wildman–Crippen MR) is 117 cm³/mol. The van der Waals surface area contributed by atoms with Gasteiger partial charge in [-0.05, 0) is 42.5 Å². The molecule has 0 radical (unpaired) electrons. The summed E-state index contributed by atoms with van der Waals surface area (Å²) in [5, 5.41) is 14.4. The molecule has 1 aliphatic heterocycles. The minimum absolute atomic E-state index is 0.0265. The number of carbonyl (C=O) groups excluding carboxylic acids is 1. The second kappa shape index (κ2) is 9.19. The van der Waals surface area contributed by atoms with Gasteiger partial charge in [-0.3, -0.25) is 9.69 Å². The van der Waals surface area contributed by atoms with Crippen LogP contribution in [0.5, 0.6) is 5.75 Å². The number of amides is 1. The zero-order valence-electron chi connectivity index (χ0n) is 17.7. The summed E-state index contributed by atoms with van der Waals surface area (Å²) >= 11 is 0. The highest BCUT2D eigenvalue weighted by Crippen LogP contribution is 2.49. The Balaban J connectivity index is 1.51. The summed E-state index contributed by atoms with van der Waals surface area (Å²) < 4.78 is 5.32. The molecule has 0 spiro atoms. The first-order chi connectivity index (χ1) is 14.6. The first kappa shape index (κ1) is 20.9. The van der Waals surface area contributed by atoms with E-state index in [1.54, 1.807) is 7.11 Å². The van der Waals surface area contributed by atoms with Crippen molar-refractivity contribution >= 4 is 5.91 Å². The molecule has 30 heavy (non-hydrogen) atoms. The molecule has 0 unspecified atom stereocenters. The van der Waals surface area contributed by atoms with Gasteiger partial charge in [-0.2, -0.15) is 0 Å². The normalized spacial score (nSPS) is 26.6. The van der Waals surface area contributed by atoms with Crippen LogP contribution in [0.1, 0.15) is 49.3 Å². The Bertz CT molecular complexity index is 839. The number of benzene rings is 2. The van der Waals surface area contributed by atoms with Crippen molar-refractivity contribution in [2.24, 2.45) is 5.92 Å². The van der Waals surface area contributed by atoms with Crippen molar-refractivity contribution in [3.05, 3.63) is 65.7 Å². The van der Waals surface area contributed by atoms with Crippen LogP contribution in [0.3, 0.4) is 0 Å². The quantitative estimate of drug-likeness (QED) is 0.765. The number of carbonyl (C=O) groups is 1. The minimum atomic E-state index is -0.625. The number of fused-ring (bicyclic) bond motifs is 1. The number of rotatable bonds is 6. The fourth-order valence-electron chi connectivity index (χ4n) is 5.20. The number of piperidine rings is 1. The molecule has 1 saturated carbocycles. The summed E-state index contributed by atoms with van der Waals surface area (Å²) in [6.45, 7) is 1.60.